The van der Waals surface area contributed by atoms with Gasteiger partial charge in [0.15, 0.2) is 5.78 Å². The zero-order valence-corrected chi connectivity index (χ0v) is 83.4. The molecule has 12 heterocycles. The number of imide groups is 3. The molecule has 12 amide bonds. The second kappa shape index (κ2) is 53.0. The molecule has 17 rings (SSSR count). The molecule has 7 N–H and O–H groups in total. The Kier molecular flexibility index (Phi) is 41.8. The maximum Gasteiger partial charge on any atom is 0.335 e. The third-order valence-corrected chi connectivity index (χ3v) is 28.2. The highest BCUT2D eigenvalue weighted by Crippen LogP contribution is 2.40. The van der Waals surface area contributed by atoms with Gasteiger partial charge in [-0.15, -0.1) is 0 Å². The number of aromatic carboxylic acids is 1. The number of amides is 12. The van der Waals surface area contributed by atoms with Crippen molar-refractivity contribution in [1.29, 1.82) is 0 Å². The summed E-state index contributed by atoms with van der Waals surface area (Å²) in [5.74, 6) is 1.80. The van der Waals surface area contributed by atoms with Crippen molar-refractivity contribution in [2.24, 2.45) is 17.8 Å². The van der Waals surface area contributed by atoms with Gasteiger partial charge in [-0.2, -0.15) is 0 Å². The number of aromatic amines is 1. The van der Waals surface area contributed by atoms with Gasteiger partial charge >= 0.3 is 36.0 Å². The van der Waals surface area contributed by atoms with Crippen LogP contribution in [0.15, 0.2) is 116 Å². The highest BCUT2D eigenvalue weighted by molar-refractivity contribution is 6.36. The van der Waals surface area contributed by atoms with Crippen molar-refractivity contribution in [1.82, 2.24) is 65.6 Å². The fourth-order valence-electron chi connectivity index (χ4n) is 20.3. The molecule has 0 atom stereocenters. The quantitative estimate of drug-likeness (QED) is 0.0218. The maximum atomic E-state index is 13.9. The van der Waals surface area contributed by atoms with E-state index in [1.807, 2.05) is 86.6 Å². The lowest BCUT2D eigenvalue weighted by Gasteiger charge is -2.42. The number of methoxy groups -OCH3 is 3. The first-order valence-corrected chi connectivity index (χ1v) is 50.0. The fraction of sp³-hybridized carbons (Fsp3) is 0.546. The number of H-pyrrole nitrogens is 1. The van der Waals surface area contributed by atoms with Crippen molar-refractivity contribution >= 4 is 123 Å². The summed E-state index contributed by atoms with van der Waals surface area (Å²) in [6.07, 6.45) is 19.0. The van der Waals surface area contributed by atoms with E-state index in [0.717, 1.165) is 135 Å². The van der Waals surface area contributed by atoms with E-state index in [1.165, 1.54) is 73.4 Å². The van der Waals surface area contributed by atoms with Crippen molar-refractivity contribution in [3.05, 3.63) is 148 Å². The number of carboxylic acid groups (broad SMARTS) is 1. The van der Waals surface area contributed by atoms with Gasteiger partial charge in [-0.1, -0.05) is 59.5 Å². The Balaban J connectivity index is 0.000000226. The first-order valence-electron chi connectivity index (χ1n) is 49.6. The minimum Gasteiger partial charge on any atom is -0.495 e. The summed E-state index contributed by atoms with van der Waals surface area (Å²) < 4.78 is 32.8. The third kappa shape index (κ3) is 30.7. The van der Waals surface area contributed by atoms with Gasteiger partial charge < -0.3 is 78.5 Å². The summed E-state index contributed by atoms with van der Waals surface area (Å²) in [5, 5.41) is 23.6. The van der Waals surface area contributed by atoms with Crippen LogP contribution in [0.2, 0.25) is 5.02 Å². The van der Waals surface area contributed by atoms with Gasteiger partial charge in [0.05, 0.1) is 59.9 Å². The number of benzene rings is 5. The number of nitrogens with zero attached hydrogens (tertiary/aromatic N) is 11. The van der Waals surface area contributed by atoms with Crippen molar-refractivity contribution in [3.8, 4) is 28.7 Å². The van der Waals surface area contributed by atoms with Crippen LogP contribution < -0.4 is 60.2 Å². The molecular formula is C108H150ClN17O20. The van der Waals surface area contributed by atoms with E-state index in [1.54, 1.807) is 60.8 Å². The summed E-state index contributed by atoms with van der Waals surface area (Å²) in [6, 6.07) is 28.8. The van der Waals surface area contributed by atoms with Crippen molar-refractivity contribution < 1.29 is 95.9 Å². The zero-order valence-electron chi connectivity index (χ0n) is 82.7. The van der Waals surface area contributed by atoms with Crippen LogP contribution in [0.5, 0.6) is 28.7 Å². The number of fused-ring (bicyclic) bond motifs is 1. The molecule has 146 heavy (non-hydrogen) atoms. The number of rotatable bonds is 24. The number of piperidine rings is 7. The van der Waals surface area contributed by atoms with Gasteiger partial charge in [0.2, 0.25) is 23.6 Å². The molecule has 0 spiro atoms. The number of esters is 2. The lowest BCUT2D eigenvalue weighted by molar-refractivity contribution is -0.157. The Labute approximate surface area is 862 Å². The van der Waals surface area contributed by atoms with Crippen molar-refractivity contribution in [2.75, 3.05) is 153 Å². The molecule has 794 valence electrons. The number of hydrogen-bond donors (Lipinski definition) is 7. The molecule has 0 aliphatic carbocycles. The van der Waals surface area contributed by atoms with Crippen molar-refractivity contribution in [3.63, 3.8) is 0 Å². The standard InChI is InChI=1S/C48H52ClN9O7.C28H40N4O6.C16H30N2O2.C12H12N2O5.4CH4/c1-64-40-10-7-31(26-39(40)58-24-17-41(59)54-48(58)63)47(62)57-22-15-33(16-23-57)55-18-11-30(12-19-55)25-42(60)56-20-13-32(14-21-56)53-46-43-37(28-50-45(43)51-29-52-46)44(61)36-9-8-35(27-38(36)49)65-34-5-3-2-4-6-34;1-28(2,3)38-25(34)17-19-7-12-30(13-8-19)21-9-14-31(15-10-21)26(35)20-5-6-23(37-4)22(18-20)32-16-11-24(33)29-27(32)36;1-16(2,3)20-15(19)12-13-6-10-18(11-7-13)14-4-8-17-9-5-14;1-19-9-3-2-7(11(16)17)6-8(9)14-5-4-10(15)13-12(14)18;;;;/h2-10,26-30,32-33H,11-25H2,1H3,(H,54,59,63)(H2,50,51,52,53);5-6,18-19,21H,7-17H2,1-4H3,(H,29,33,36);13-14,17H,4-12H2,1-3H3;2-3,6H,4-5H2,1H3,(H,16,17)(H,13,15,18);4*1H4. The fourth-order valence-corrected chi connectivity index (χ4v) is 20.6. The predicted octanol–water partition coefficient (Wildman–Crippen LogP) is 15.7. The number of ketones is 1. The molecule has 38 heteroatoms. The average molecular weight is 2040 g/mol. The normalized spacial score (nSPS) is 18.6. The van der Waals surface area contributed by atoms with E-state index in [9.17, 15) is 62.3 Å². The van der Waals surface area contributed by atoms with Gasteiger partial charge in [0, 0.05) is 151 Å². The average Bonchev–Trinajstić information content (AvgIpc) is 1.65. The van der Waals surface area contributed by atoms with E-state index in [0.29, 0.717) is 173 Å². The zero-order chi connectivity index (χ0) is 101. The summed E-state index contributed by atoms with van der Waals surface area (Å²) in [5.41, 5.74) is 2.76. The number of urea groups is 3. The minimum absolute atomic E-state index is 0. The molecule has 37 nitrogen and oxygen atoms in total. The van der Waals surface area contributed by atoms with E-state index in [-0.39, 0.29) is 144 Å². The van der Waals surface area contributed by atoms with Crippen LogP contribution in [0.3, 0.4) is 0 Å². The predicted molar refractivity (Wildman–Crippen MR) is 560 cm³/mol. The molecule has 0 radical (unpaired) electrons. The van der Waals surface area contributed by atoms with Crippen LogP contribution in [0.1, 0.15) is 247 Å². The van der Waals surface area contributed by atoms with Crippen LogP contribution in [0.25, 0.3) is 11.0 Å². The Morgan fingerprint density at radius 2 is 0.836 bits per heavy atom. The van der Waals surface area contributed by atoms with Gasteiger partial charge in [-0.25, -0.2) is 29.1 Å². The van der Waals surface area contributed by atoms with E-state index < -0.39 is 29.7 Å². The topological polar surface area (TPSA) is 428 Å². The summed E-state index contributed by atoms with van der Waals surface area (Å²) in [7, 11) is 4.45. The van der Waals surface area contributed by atoms with E-state index in [4.69, 9.17) is 45.1 Å². The molecule has 10 fully saturated rings. The van der Waals surface area contributed by atoms with Crippen LogP contribution in [-0.2, 0) is 38.2 Å². The number of halogens is 1. The molecule has 10 aliphatic heterocycles. The number of aromatic nitrogens is 3. The van der Waals surface area contributed by atoms with E-state index in [2.05, 4.69) is 56.2 Å². The number of ether oxygens (including phenoxy) is 6. The molecule has 5 aromatic carbocycles. The number of para-hydroxylation sites is 1. The highest BCUT2D eigenvalue weighted by atomic mass is 35.5. The van der Waals surface area contributed by atoms with E-state index >= 15 is 0 Å². The summed E-state index contributed by atoms with van der Waals surface area (Å²) in [4.78, 5) is 190. The number of carboxylic acids is 1. The first kappa shape index (κ1) is 115. The van der Waals surface area contributed by atoms with Gasteiger partial charge in [-0.3, -0.25) is 73.8 Å². The van der Waals surface area contributed by atoms with Crippen LogP contribution >= 0.6 is 11.6 Å². The Hall–Kier alpha value is -12.8. The Morgan fingerprint density at radius 3 is 1.23 bits per heavy atom. The van der Waals surface area contributed by atoms with Crippen molar-refractivity contribution in [2.45, 2.75) is 235 Å². The molecule has 0 unspecified atom stereocenters. The van der Waals surface area contributed by atoms with Gasteiger partial charge in [0.25, 0.3) is 11.8 Å². The second-order valence-corrected chi connectivity index (χ2v) is 40.2. The van der Waals surface area contributed by atoms with Crippen LogP contribution in [-0.4, -0.2) is 295 Å². The maximum absolute atomic E-state index is 13.9. The summed E-state index contributed by atoms with van der Waals surface area (Å²) >= 11 is 6.63. The molecule has 10 saturated heterocycles. The number of carbonyl (C=O) groups is 13. The Morgan fingerprint density at radius 1 is 0.438 bits per heavy atom. The smallest absolute Gasteiger partial charge is 0.335 e. The number of carbonyl (C=O) groups excluding carboxylic acids is 12. The molecule has 0 bridgehead atoms. The molecule has 7 aromatic rings. The molecule has 0 saturated carbocycles. The lowest BCUT2D eigenvalue weighted by Crippen LogP contribution is -2.50. The molecular weight excluding hydrogens is 1890 g/mol. The molecule has 2 aromatic heterocycles. The number of likely N-dealkylation sites (tertiary alicyclic amines) is 6. The summed E-state index contributed by atoms with van der Waals surface area (Å²) in [6.45, 7) is 24.4. The molecule has 10 aliphatic rings. The second-order valence-electron chi connectivity index (χ2n) is 39.8. The first-order chi connectivity index (χ1) is 68.1. The number of anilines is 4. The van der Waals surface area contributed by atoms with Gasteiger partial charge in [-0.05, 0) is 280 Å². The largest absolute Gasteiger partial charge is 0.495 e. The lowest BCUT2D eigenvalue weighted by atomic mass is 9.90. The third-order valence-electron chi connectivity index (χ3n) is 27.9. The minimum atomic E-state index is -1.10. The SMILES string of the molecule is C.C.C.C.CC(C)(C)OC(=O)CC1CCN(C2CCNCC2)CC1.COc1ccc(C(=O)N2CCC(N3CCC(CC(=O)N4CCC(Nc5ncnc6[nH]cc(C(=O)c7ccc(Oc8ccccc8)cc7Cl)c56)CC4)CC3)CC2)cc1N1CCC(=O)NC1=O.COc1ccc(C(=O)N2CCC(N3CCC(CC(=O)OC(C)(C)C)CC3)CC2)cc1N1CCC(=O)NC1=O.COc1ccc(C(=O)O)cc1N1CCC(=O)NC1=O. The number of nitrogens with one attached hydrogen (secondary N) is 6. The van der Waals surface area contributed by atoms with Crippen LogP contribution in [0.4, 0.5) is 37.3 Å². The monoisotopic (exact) mass is 2040 g/mol. The van der Waals surface area contributed by atoms with Crippen LogP contribution in [0, 0.1) is 17.8 Å². The van der Waals surface area contributed by atoms with Gasteiger partial charge in [0.1, 0.15) is 57.7 Å². The Bertz CT molecular complexity index is 5680. The highest BCUT2D eigenvalue weighted by Gasteiger charge is 2.39. The number of hydrogen-bond acceptors (Lipinski definition) is 26.